The van der Waals surface area contributed by atoms with E-state index in [0.29, 0.717) is 52.8 Å². The van der Waals surface area contributed by atoms with Gasteiger partial charge in [-0.05, 0) is 29.8 Å². The van der Waals surface area contributed by atoms with E-state index in [1.54, 1.807) is 24.4 Å². The number of benzene rings is 2. The van der Waals surface area contributed by atoms with Gasteiger partial charge in [0, 0.05) is 29.5 Å². The van der Waals surface area contributed by atoms with Crippen molar-refractivity contribution in [2.45, 2.75) is 18.3 Å². The number of anilines is 1. The second-order valence-electron chi connectivity index (χ2n) is 6.62. The van der Waals surface area contributed by atoms with Crippen LogP contribution in [0.15, 0.2) is 53.8 Å². The van der Waals surface area contributed by atoms with Crippen LogP contribution in [0.2, 0.25) is 5.02 Å². The van der Waals surface area contributed by atoms with Gasteiger partial charge in [-0.3, -0.25) is 4.79 Å². The normalized spacial score (nSPS) is 12.6. The van der Waals surface area contributed by atoms with Crippen LogP contribution in [0.3, 0.4) is 0 Å². The summed E-state index contributed by atoms with van der Waals surface area (Å²) >= 11 is 7.26. The van der Waals surface area contributed by atoms with Crippen molar-refractivity contribution in [1.29, 1.82) is 0 Å². The number of aromatic nitrogens is 2. The maximum absolute atomic E-state index is 12.4. The van der Waals surface area contributed by atoms with E-state index >= 15 is 0 Å². The summed E-state index contributed by atoms with van der Waals surface area (Å²) < 4.78 is 12.9. The van der Waals surface area contributed by atoms with Crippen LogP contribution in [0.25, 0.3) is 0 Å². The molecule has 0 bridgehead atoms. The minimum Gasteiger partial charge on any atom is -0.486 e. The zero-order valence-corrected chi connectivity index (χ0v) is 17.6. The molecule has 0 unspecified atom stereocenters. The number of imidazole rings is 1. The van der Waals surface area contributed by atoms with Gasteiger partial charge < -0.3 is 24.5 Å². The fraction of sp³-hybridized carbons (Fsp3) is 0.238. The molecule has 0 fully saturated rings. The van der Waals surface area contributed by atoms with E-state index in [-0.39, 0.29) is 18.3 Å². The van der Waals surface area contributed by atoms with Crippen molar-refractivity contribution in [3.8, 4) is 11.5 Å². The Kier molecular flexibility index (Phi) is 6.47. The number of halogens is 1. The predicted octanol–water partition coefficient (Wildman–Crippen LogP) is 3.58. The molecule has 0 spiro atoms. The summed E-state index contributed by atoms with van der Waals surface area (Å²) in [6, 6.07) is 12.8. The Balaban J connectivity index is 1.39. The Morgan fingerprint density at radius 2 is 1.93 bits per heavy atom. The average Bonchev–Trinajstić information content (AvgIpc) is 3.15. The standard InChI is InChI=1S/C21H20ClN3O4S/c22-15-3-1-14(2-4-15)10-25-11-17(12-26)24-21(25)30-13-20(27)23-16-5-6-18-19(9-16)29-8-7-28-18/h1-6,9,11,26H,7-8,10,12-13H2,(H,23,27). The van der Waals surface area contributed by atoms with Crippen LogP contribution in [-0.4, -0.2) is 39.5 Å². The number of nitrogens with one attached hydrogen (secondary N) is 1. The summed E-state index contributed by atoms with van der Waals surface area (Å²) in [4.78, 5) is 16.8. The maximum Gasteiger partial charge on any atom is 0.234 e. The summed E-state index contributed by atoms with van der Waals surface area (Å²) in [6.07, 6.45) is 1.79. The number of hydrogen-bond donors (Lipinski definition) is 2. The number of thioether (sulfide) groups is 1. The van der Waals surface area contributed by atoms with E-state index in [1.165, 1.54) is 11.8 Å². The Hall–Kier alpha value is -2.68. The number of amides is 1. The minimum atomic E-state index is -0.164. The van der Waals surface area contributed by atoms with Crippen molar-refractivity contribution in [2.75, 3.05) is 24.3 Å². The molecule has 0 saturated heterocycles. The third-order valence-corrected chi connectivity index (χ3v) is 5.62. The zero-order chi connectivity index (χ0) is 20.9. The lowest BCUT2D eigenvalue weighted by atomic mass is 10.2. The molecule has 156 valence electrons. The predicted molar refractivity (Wildman–Crippen MR) is 115 cm³/mol. The van der Waals surface area contributed by atoms with E-state index in [0.717, 1.165) is 5.56 Å². The molecule has 30 heavy (non-hydrogen) atoms. The monoisotopic (exact) mass is 445 g/mol. The smallest absolute Gasteiger partial charge is 0.234 e. The molecule has 1 aromatic heterocycles. The van der Waals surface area contributed by atoms with Gasteiger partial charge in [0.15, 0.2) is 16.7 Å². The Morgan fingerprint density at radius 1 is 1.17 bits per heavy atom. The van der Waals surface area contributed by atoms with Crippen LogP contribution in [0.5, 0.6) is 11.5 Å². The molecule has 2 N–H and O–H groups in total. The van der Waals surface area contributed by atoms with Crippen LogP contribution in [0.4, 0.5) is 5.69 Å². The summed E-state index contributed by atoms with van der Waals surface area (Å²) in [5.74, 6) is 1.31. The SMILES string of the molecule is O=C(CSc1nc(CO)cn1Cc1ccc(Cl)cc1)Nc1ccc2c(c1)OCCO2. The highest BCUT2D eigenvalue weighted by Gasteiger charge is 2.14. The first-order valence-electron chi connectivity index (χ1n) is 9.34. The fourth-order valence-electron chi connectivity index (χ4n) is 2.99. The van der Waals surface area contributed by atoms with E-state index in [4.69, 9.17) is 21.1 Å². The highest BCUT2D eigenvalue weighted by atomic mass is 35.5. The number of rotatable bonds is 7. The first-order valence-corrected chi connectivity index (χ1v) is 10.7. The zero-order valence-electron chi connectivity index (χ0n) is 16.0. The number of carbonyl (C=O) groups excluding carboxylic acids is 1. The second-order valence-corrected chi connectivity index (χ2v) is 8.00. The number of fused-ring (bicyclic) bond motifs is 1. The second kappa shape index (κ2) is 9.42. The molecule has 1 aliphatic rings. The molecule has 0 aliphatic carbocycles. The molecule has 0 radical (unpaired) electrons. The van der Waals surface area contributed by atoms with Crippen molar-refractivity contribution in [2.24, 2.45) is 0 Å². The van der Waals surface area contributed by atoms with Gasteiger partial charge in [-0.2, -0.15) is 0 Å². The Labute approximate surface area is 183 Å². The summed E-state index contributed by atoms with van der Waals surface area (Å²) in [7, 11) is 0. The summed E-state index contributed by atoms with van der Waals surface area (Å²) in [6.45, 7) is 1.42. The molecule has 3 aromatic rings. The first kappa shape index (κ1) is 20.6. The lowest BCUT2D eigenvalue weighted by Crippen LogP contribution is -2.17. The molecule has 4 rings (SSSR count). The fourth-order valence-corrected chi connectivity index (χ4v) is 3.91. The topological polar surface area (TPSA) is 85.6 Å². The average molecular weight is 446 g/mol. The van der Waals surface area contributed by atoms with Crippen molar-refractivity contribution < 1.29 is 19.4 Å². The highest BCUT2D eigenvalue weighted by molar-refractivity contribution is 7.99. The third-order valence-electron chi connectivity index (χ3n) is 4.38. The lowest BCUT2D eigenvalue weighted by molar-refractivity contribution is -0.113. The molecule has 1 amide bonds. The summed E-state index contributed by atoms with van der Waals surface area (Å²) in [5, 5.41) is 13.6. The molecule has 0 atom stereocenters. The largest absolute Gasteiger partial charge is 0.486 e. The molecule has 2 aromatic carbocycles. The molecule has 2 heterocycles. The highest BCUT2D eigenvalue weighted by Crippen LogP contribution is 2.32. The molecular formula is C21H20ClN3O4S. The van der Waals surface area contributed by atoms with Crippen LogP contribution in [-0.2, 0) is 17.9 Å². The maximum atomic E-state index is 12.4. The van der Waals surface area contributed by atoms with Crippen molar-refractivity contribution in [3.05, 3.63) is 64.9 Å². The first-order chi connectivity index (χ1) is 14.6. The van der Waals surface area contributed by atoms with E-state index in [2.05, 4.69) is 10.3 Å². The minimum absolute atomic E-state index is 0.162. The van der Waals surface area contributed by atoms with Gasteiger partial charge in [0.1, 0.15) is 13.2 Å². The van der Waals surface area contributed by atoms with Gasteiger partial charge in [-0.1, -0.05) is 35.5 Å². The molecule has 9 heteroatoms. The van der Waals surface area contributed by atoms with Gasteiger partial charge in [0.25, 0.3) is 0 Å². The Bertz CT molecular complexity index is 1040. The van der Waals surface area contributed by atoms with Gasteiger partial charge in [-0.25, -0.2) is 4.98 Å². The van der Waals surface area contributed by atoms with Crippen molar-refractivity contribution >= 4 is 35.0 Å². The van der Waals surface area contributed by atoms with Crippen LogP contribution in [0.1, 0.15) is 11.3 Å². The lowest BCUT2D eigenvalue weighted by Gasteiger charge is -2.19. The molecule has 1 aliphatic heterocycles. The van der Waals surface area contributed by atoms with Gasteiger partial charge in [0.05, 0.1) is 18.1 Å². The number of nitrogens with zero attached hydrogens (tertiary/aromatic N) is 2. The van der Waals surface area contributed by atoms with Gasteiger partial charge >= 0.3 is 0 Å². The van der Waals surface area contributed by atoms with Crippen LogP contribution in [0, 0.1) is 0 Å². The van der Waals surface area contributed by atoms with E-state index in [1.807, 2.05) is 28.8 Å². The summed E-state index contributed by atoms with van der Waals surface area (Å²) in [5.41, 5.74) is 2.24. The third kappa shape index (κ3) is 5.08. The van der Waals surface area contributed by atoms with Crippen molar-refractivity contribution in [1.82, 2.24) is 9.55 Å². The van der Waals surface area contributed by atoms with E-state index in [9.17, 15) is 9.90 Å². The molecular weight excluding hydrogens is 426 g/mol. The van der Waals surface area contributed by atoms with Crippen LogP contribution < -0.4 is 14.8 Å². The number of aliphatic hydroxyl groups excluding tert-OH is 1. The number of hydrogen-bond acceptors (Lipinski definition) is 6. The van der Waals surface area contributed by atoms with Crippen molar-refractivity contribution in [3.63, 3.8) is 0 Å². The number of aliphatic hydroxyl groups is 1. The number of carbonyl (C=O) groups is 1. The molecule has 7 nitrogen and oxygen atoms in total. The molecule has 0 saturated carbocycles. The Morgan fingerprint density at radius 3 is 2.70 bits per heavy atom. The quantitative estimate of drug-likeness (QED) is 0.541. The van der Waals surface area contributed by atoms with Crippen LogP contribution >= 0.6 is 23.4 Å². The van der Waals surface area contributed by atoms with Gasteiger partial charge in [-0.15, -0.1) is 0 Å². The van der Waals surface area contributed by atoms with E-state index < -0.39 is 0 Å². The number of ether oxygens (including phenoxy) is 2. The van der Waals surface area contributed by atoms with Gasteiger partial charge in [0.2, 0.25) is 5.91 Å².